The van der Waals surface area contributed by atoms with E-state index >= 15 is 0 Å². The molecule has 2 rings (SSSR count). The van der Waals surface area contributed by atoms with Gasteiger partial charge in [0.25, 0.3) is 11.8 Å². The van der Waals surface area contributed by atoms with E-state index in [1.807, 2.05) is 0 Å². The van der Waals surface area contributed by atoms with Gasteiger partial charge in [-0.2, -0.15) is 0 Å². The molecule has 0 saturated heterocycles. The van der Waals surface area contributed by atoms with Gasteiger partial charge in [0, 0.05) is 26.3 Å². The molecule has 0 bridgehead atoms. The minimum Gasteiger partial charge on any atom is -0.497 e. The summed E-state index contributed by atoms with van der Waals surface area (Å²) in [6.07, 6.45) is 0.693. The van der Waals surface area contributed by atoms with Crippen LogP contribution >= 0.6 is 0 Å². The Bertz CT molecular complexity index is 795. The minimum absolute atomic E-state index is 0.115. The number of nitrogens with one attached hydrogen (secondary N) is 2. The molecule has 2 N–H and O–H groups in total. The van der Waals surface area contributed by atoms with Crippen molar-refractivity contribution >= 4 is 17.5 Å². The van der Waals surface area contributed by atoms with Crippen LogP contribution < -0.4 is 20.1 Å². The highest BCUT2D eigenvalue weighted by Gasteiger charge is 2.14. The van der Waals surface area contributed by atoms with E-state index in [0.717, 1.165) is 0 Å². The van der Waals surface area contributed by atoms with Crippen LogP contribution in [0.25, 0.3) is 0 Å². The molecule has 1 heterocycles. The van der Waals surface area contributed by atoms with E-state index < -0.39 is 5.91 Å². The molecule has 0 radical (unpaired) electrons. The van der Waals surface area contributed by atoms with Crippen LogP contribution in [-0.4, -0.2) is 51.3 Å². The van der Waals surface area contributed by atoms with Crippen LogP contribution in [0.5, 0.6) is 11.5 Å². The van der Waals surface area contributed by atoms with Gasteiger partial charge in [0.2, 0.25) is 0 Å². The lowest BCUT2D eigenvalue weighted by Crippen LogP contribution is -2.27. The number of carbonyl (C=O) groups is 2. The van der Waals surface area contributed by atoms with E-state index in [9.17, 15) is 9.59 Å². The third-order valence-electron chi connectivity index (χ3n) is 3.68. The predicted molar refractivity (Wildman–Crippen MR) is 101 cm³/mol. The molecule has 0 saturated carbocycles. The largest absolute Gasteiger partial charge is 0.497 e. The highest BCUT2D eigenvalue weighted by molar-refractivity contribution is 6.04. The summed E-state index contributed by atoms with van der Waals surface area (Å²) in [5.41, 5.74) is 0.722. The van der Waals surface area contributed by atoms with Crippen LogP contribution in [0, 0.1) is 0 Å². The number of rotatable bonds is 9. The Morgan fingerprint density at radius 1 is 1.00 bits per heavy atom. The second-order valence-corrected chi connectivity index (χ2v) is 5.53. The van der Waals surface area contributed by atoms with Crippen molar-refractivity contribution in [1.82, 2.24) is 10.3 Å². The molecule has 0 atom stereocenters. The number of ether oxygens (including phenoxy) is 3. The van der Waals surface area contributed by atoms with Gasteiger partial charge in [-0.25, -0.2) is 4.98 Å². The van der Waals surface area contributed by atoms with Gasteiger partial charge in [-0.15, -0.1) is 0 Å². The summed E-state index contributed by atoms with van der Waals surface area (Å²) in [5, 5.41) is 5.46. The maximum atomic E-state index is 12.5. The Balaban J connectivity index is 2.10. The molecule has 0 spiro atoms. The second-order valence-electron chi connectivity index (χ2n) is 5.53. The fraction of sp³-hybridized carbons (Fsp3) is 0.316. The van der Waals surface area contributed by atoms with Crippen LogP contribution in [0.1, 0.15) is 27.4 Å². The molecular weight excluding hydrogens is 350 g/mol. The number of benzene rings is 1. The van der Waals surface area contributed by atoms with Crippen LogP contribution in [0.3, 0.4) is 0 Å². The van der Waals surface area contributed by atoms with Gasteiger partial charge in [0.15, 0.2) is 0 Å². The quantitative estimate of drug-likeness (QED) is 0.653. The van der Waals surface area contributed by atoms with Gasteiger partial charge in [0.05, 0.1) is 19.9 Å². The number of nitrogens with zero attached hydrogens (tertiary/aromatic N) is 1. The van der Waals surface area contributed by atoms with Crippen molar-refractivity contribution in [2.75, 3.05) is 39.8 Å². The molecule has 2 aromatic rings. The molecule has 144 valence electrons. The Morgan fingerprint density at radius 2 is 1.74 bits per heavy atom. The summed E-state index contributed by atoms with van der Waals surface area (Å²) in [6, 6.07) is 9.74. The standard InChI is InChI=1S/C19H23N3O5/c1-25-11-5-10-20-18(23)14-6-4-7-15(21-14)19(24)22-16-12-13(26-2)8-9-17(16)27-3/h4,6-9,12H,5,10-11H2,1-3H3,(H,20,23)(H,22,24). The maximum Gasteiger partial charge on any atom is 0.274 e. The van der Waals surface area contributed by atoms with Crippen molar-refractivity contribution in [2.24, 2.45) is 0 Å². The fourth-order valence-corrected chi connectivity index (χ4v) is 2.29. The lowest BCUT2D eigenvalue weighted by atomic mass is 10.2. The van der Waals surface area contributed by atoms with Crippen molar-refractivity contribution in [1.29, 1.82) is 0 Å². The zero-order valence-electron chi connectivity index (χ0n) is 15.6. The molecule has 0 aliphatic rings. The van der Waals surface area contributed by atoms with Gasteiger partial charge in [-0.3, -0.25) is 9.59 Å². The fourth-order valence-electron chi connectivity index (χ4n) is 2.29. The number of pyridine rings is 1. The Hall–Kier alpha value is -3.13. The SMILES string of the molecule is COCCCNC(=O)c1cccc(C(=O)Nc2cc(OC)ccc2OC)n1. The second kappa shape index (κ2) is 10.1. The number of anilines is 1. The van der Waals surface area contributed by atoms with Crippen molar-refractivity contribution in [2.45, 2.75) is 6.42 Å². The van der Waals surface area contributed by atoms with Crippen LogP contribution in [0.2, 0.25) is 0 Å². The first-order valence-electron chi connectivity index (χ1n) is 8.36. The Labute approximate surface area is 157 Å². The monoisotopic (exact) mass is 373 g/mol. The van der Waals surface area contributed by atoms with Crippen molar-refractivity contribution in [3.05, 3.63) is 47.8 Å². The third-order valence-corrected chi connectivity index (χ3v) is 3.68. The molecule has 8 nitrogen and oxygen atoms in total. The van der Waals surface area contributed by atoms with Gasteiger partial charge >= 0.3 is 0 Å². The lowest BCUT2D eigenvalue weighted by Gasteiger charge is -2.12. The van der Waals surface area contributed by atoms with Crippen LogP contribution in [0.4, 0.5) is 5.69 Å². The number of aromatic nitrogens is 1. The molecule has 1 aromatic carbocycles. The van der Waals surface area contributed by atoms with Crippen LogP contribution in [0.15, 0.2) is 36.4 Å². The first kappa shape index (κ1) is 20.2. The summed E-state index contributed by atoms with van der Waals surface area (Å²) in [5.74, 6) is 0.245. The Kier molecular flexibility index (Phi) is 7.57. The molecule has 0 aliphatic heterocycles. The number of hydrogen-bond donors (Lipinski definition) is 2. The predicted octanol–water partition coefficient (Wildman–Crippen LogP) is 2.12. The van der Waals surface area contributed by atoms with Gasteiger partial charge < -0.3 is 24.8 Å². The summed E-state index contributed by atoms with van der Waals surface area (Å²) in [6.45, 7) is 1.02. The number of carbonyl (C=O) groups excluding carboxylic acids is 2. The Morgan fingerprint density at radius 3 is 2.41 bits per heavy atom. The average Bonchev–Trinajstić information content (AvgIpc) is 2.71. The highest BCUT2D eigenvalue weighted by Crippen LogP contribution is 2.29. The van der Waals surface area contributed by atoms with E-state index in [2.05, 4.69) is 15.6 Å². The molecular formula is C19H23N3O5. The third kappa shape index (κ3) is 5.68. The highest BCUT2D eigenvalue weighted by atomic mass is 16.5. The number of amides is 2. The van der Waals surface area contributed by atoms with Gasteiger partial charge in [-0.05, 0) is 30.7 Å². The minimum atomic E-state index is -0.462. The normalized spacial score (nSPS) is 10.2. The molecule has 2 amide bonds. The summed E-state index contributed by atoms with van der Waals surface area (Å²) in [4.78, 5) is 28.8. The molecule has 1 aromatic heterocycles. The van der Waals surface area contributed by atoms with Gasteiger partial charge in [0.1, 0.15) is 22.9 Å². The molecule has 8 heteroatoms. The van der Waals surface area contributed by atoms with E-state index in [-0.39, 0.29) is 17.3 Å². The van der Waals surface area contributed by atoms with Crippen molar-refractivity contribution < 1.29 is 23.8 Å². The molecule has 0 aliphatic carbocycles. The maximum absolute atomic E-state index is 12.5. The lowest BCUT2D eigenvalue weighted by molar-refractivity contribution is 0.0943. The molecule has 27 heavy (non-hydrogen) atoms. The van der Waals surface area contributed by atoms with E-state index in [0.29, 0.717) is 36.8 Å². The van der Waals surface area contributed by atoms with Crippen molar-refractivity contribution in [3.63, 3.8) is 0 Å². The topological polar surface area (TPSA) is 98.8 Å². The zero-order chi connectivity index (χ0) is 19.6. The first-order chi connectivity index (χ1) is 13.1. The van der Waals surface area contributed by atoms with E-state index in [1.54, 1.807) is 37.4 Å². The first-order valence-corrected chi connectivity index (χ1v) is 8.36. The molecule has 0 unspecified atom stereocenters. The van der Waals surface area contributed by atoms with Gasteiger partial charge in [-0.1, -0.05) is 6.07 Å². The average molecular weight is 373 g/mol. The zero-order valence-corrected chi connectivity index (χ0v) is 15.6. The summed E-state index contributed by atoms with van der Waals surface area (Å²) < 4.78 is 15.3. The molecule has 0 fully saturated rings. The number of methoxy groups -OCH3 is 3. The summed E-state index contributed by atoms with van der Waals surface area (Å²) in [7, 11) is 4.64. The van der Waals surface area contributed by atoms with Crippen molar-refractivity contribution in [3.8, 4) is 11.5 Å². The van der Waals surface area contributed by atoms with E-state index in [1.165, 1.54) is 20.3 Å². The van der Waals surface area contributed by atoms with E-state index in [4.69, 9.17) is 14.2 Å². The summed E-state index contributed by atoms with van der Waals surface area (Å²) >= 11 is 0. The smallest absolute Gasteiger partial charge is 0.274 e. The number of hydrogen-bond acceptors (Lipinski definition) is 6. The van der Waals surface area contributed by atoms with Crippen LogP contribution in [-0.2, 0) is 4.74 Å².